The molecule has 0 aromatic carbocycles. The number of hydrogen-bond acceptors (Lipinski definition) is 6. The summed E-state index contributed by atoms with van der Waals surface area (Å²) >= 11 is 0. The lowest BCUT2D eigenvalue weighted by Gasteiger charge is -2.22. The summed E-state index contributed by atoms with van der Waals surface area (Å²) in [7, 11) is 0. The van der Waals surface area contributed by atoms with E-state index in [9.17, 15) is 4.79 Å². The summed E-state index contributed by atoms with van der Waals surface area (Å²) in [6, 6.07) is 0.0822. The number of hydrogen-bond donors (Lipinski definition) is 2. The van der Waals surface area contributed by atoms with Crippen LogP contribution in [-0.4, -0.2) is 37.7 Å². The number of rotatable bonds is 4. The van der Waals surface area contributed by atoms with Crippen LogP contribution in [0, 0.1) is 6.92 Å². The van der Waals surface area contributed by atoms with Crippen LogP contribution in [0.3, 0.4) is 0 Å². The van der Waals surface area contributed by atoms with Crippen molar-refractivity contribution in [3.05, 3.63) is 29.2 Å². The minimum Gasteiger partial charge on any atom is -0.365 e. The fraction of sp³-hybridized carbons (Fsp3) is 0.500. The second-order valence-electron chi connectivity index (χ2n) is 4.92. The molecule has 3 rings (SSSR count). The van der Waals surface area contributed by atoms with Gasteiger partial charge in [0.25, 0.3) is 5.91 Å². The van der Waals surface area contributed by atoms with Crippen molar-refractivity contribution in [3.63, 3.8) is 0 Å². The summed E-state index contributed by atoms with van der Waals surface area (Å²) in [6.07, 6.45) is 3.46. The van der Waals surface area contributed by atoms with Crippen LogP contribution >= 0.6 is 0 Å². The van der Waals surface area contributed by atoms with Crippen molar-refractivity contribution in [2.45, 2.75) is 32.4 Å². The van der Waals surface area contributed by atoms with E-state index in [1.54, 1.807) is 6.92 Å². The highest BCUT2D eigenvalue weighted by atomic mass is 16.5. The van der Waals surface area contributed by atoms with E-state index in [2.05, 4.69) is 25.2 Å². The zero-order valence-corrected chi connectivity index (χ0v) is 11.2. The summed E-state index contributed by atoms with van der Waals surface area (Å²) in [5.41, 5.74) is 6.59. The van der Waals surface area contributed by atoms with Gasteiger partial charge in [0.2, 0.25) is 5.89 Å². The first-order chi connectivity index (χ1) is 9.65. The summed E-state index contributed by atoms with van der Waals surface area (Å²) in [5.74, 6) is 0.737. The van der Waals surface area contributed by atoms with Gasteiger partial charge in [0.15, 0.2) is 5.82 Å². The molecule has 1 atom stereocenters. The molecule has 1 amide bonds. The number of nitrogens with zero attached hydrogens (tertiary/aromatic N) is 4. The summed E-state index contributed by atoms with van der Waals surface area (Å²) in [5, 5.41) is 10.7. The molecule has 20 heavy (non-hydrogen) atoms. The van der Waals surface area contributed by atoms with E-state index in [1.807, 2.05) is 0 Å². The number of primary amides is 1. The molecule has 2 aromatic rings. The molecule has 0 spiro atoms. The molecule has 8 nitrogen and oxygen atoms in total. The number of nitrogens with two attached hydrogens (primary N) is 1. The standard InChI is InChI=1S/C12H16N6O2/c1-7-15-10(17-20-7)6-18-4-2-3-9(18)11-8(12(13)19)5-14-16-11/h5,9H,2-4,6H2,1H3,(H2,13,19)(H,14,16). The third-order valence-electron chi connectivity index (χ3n) is 3.55. The Labute approximate surface area is 115 Å². The van der Waals surface area contributed by atoms with E-state index in [1.165, 1.54) is 6.20 Å². The number of nitrogens with one attached hydrogen (secondary N) is 1. The van der Waals surface area contributed by atoms with Gasteiger partial charge in [-0.05, 0) is 19.4 Å². The maximum absolute atomic E-state index is 11.4. The zero-order valence-electron chi connectivity index (χ0n) is 11.2. The Balaban J connectivity index is 1.81. The monoisotopic (exact) mass is 276 g/mol. The van der Waals surface area contributed by atoms with E-state index in [4.69, 9.17) is 10.3 Å². The first kappa shape index (κ1) is 12.8. The largest absolute Gasteiger partial charge is 0.365 e. The van der Waals surface area contributed by atoms with Gasteiger partial charge in [-0.15, -0.1) is 0 Å². The molecular weight excluding hydrogens is 260 g/mol. The lowest BCUT2D eigenvalue weighted by atomic mass is 10.1. The quantitative estimate of drug-likeness (QED) is 0.842. The number of H-pyrrole nitrogens is 1. The van der Waals surface area contributed by atoms with E-state index < -0.39 is 5.91 Å². The van der Waals surface area contributed by atoms with Crippen LogP contribution in [0.5, 0.6) is 0 Å². The van der Waals surface area contributed by atoms with Crippen LogP contribution in [-0.2, 0) is 6.54 Å². The SMILES string of the molecule is Cc1nc(CN2CCCC2c2[nH]ncc2C(N)=O)no1. The van der Waals surface area contributed by atoms with Crippen molar-refractivity contribution < 1.29 is 9.32 Å². The highest BCUT2D eigenvalue weighted by molar-refractivity contribution is 5.93. The number of aryl methyl sites for hydroxylation is 1. The molecule has 3 N–H and O–H groups in total. The predicted molar refractivity (Wildman–Crippen MR) is 68.5 cm³/mol. The number of aromatic amines is 1. The maximum Gasteiger partial charge on any atom is 0.252 e. The van der Waals surface area contributed by atoms with Gasteiger partial charge in [-0.25, -0.2) is 0 Å². The molecule has 1 fully saturated rings. The lowest BCUT2D eigenvalue weighted by Crippen LogP contribution is -2.25. The molecule has 3 heterocycles. The third kappa shape index (κ3) is 2.29. The molecule has 0 aliphatic carbocycles. The second-order valence-corrected chi connectivity index (χ2v) is 4.92. The van der Waals surface area contributed by atoms with Gasteiger partial charge in [-0.2, -0.15) is 10.1 Å². The molecule has 2 aromatic heterocycles. The van der Waals surface area contributed by atoms with E-state index in [0.29, 0.717) is 23.8 Å². The van der Waals surface area contributed by atoms with Crippen molar-refractivity contribution in [3.8, 4) is 0 Å². The Hall–Kier alpha value is -2.22. The number of carbonyl (C=O) groups excluding carboxylic acids is 1. The molecule has 1 aliphatic heterocycles. The topological polar surface area (TPSA) is 114 Å². The van der Waals surface area contributed by atoms with E-state index in [-0.39, 0.29) is 6.04 Å². The van der Waals surface area contributed by atoms with Gasteiger partial charge in [-0.3, -0.25) is 14.8 Å². The summed E-state index contributed by atoms with van der Waals surface area (Å²) in [4.78, 5) is 17.8. The van der Waals surface area contributed by atoms with Gasteiger partial charge in [0, 0.05) is 6.92 Å². The van der Waals surface area contributed by atoms with Gasteiger partial charge in [0.1, 0.15) is 0 Å². The first-order valence-corrected chi connectivity index (χ1v) is 6.51. The van der Waals surface area contributed by atoms with Crippen LogP contribution in [0.2, 0.25) is 0 Å². The van der Waals surface area contributed by atoms with Crippen LogP contribution in [0.25, 0.3) is 0 Å². The Morgan fingerprint density at radius 3 is 3.20 bits per heavy atom. The first-order valence-electron chi connectivity index (χ1n) is 6.51. The van der Waals surface area contributed by atoms with Crippen molar-refractivity contribution >= 4 is 5.91 Å². The Morgan fingerprint density at radius 1 is 1.65 bits per heavy atom. The molecule has 0 saturated carbocycles. The highest BCUT2D eigenvalue weighted by Gasteiger charge is 2.31. The van der Waals surface area contributed by atoms with Crippen molar-refractivity contribution in [1.82, 2.24) is 25.2 Å². The number of carbonyl (C=O) groups is 1. The third-order valence-corrected chi connectivity index (χ3v) is 3.55. The average molecular weight is 276 g/mol. The number of likely N-dealkylation sites (tertiary alicyclic amines) is 1. The fourth-order valence-electron chi connectivity index (χ4n) is 2.68. The minimum absolute atomic E-state index is 0.0822. The summed E-state index contributed by atoms with van der Waals surface area (Å²) < 4.78 is 4.98. The van der Waals surface area contributed by atoms with E-state index in [0.717, 1.165) is 25.1 Å². The number of amides is 1. The van der Waals surface area contributed by atoms with Crippen molar-refractivity contribution in [2.24, 2.45) is 5.73 Å². The van der Waals surface area contributed by atoms with Crippen molar-refractivity contribution in [1.29, 1.82) is 0 Å². The van der Waals surface area contributed by atoms with Crippen LogP contribution in [0.4, 0.5) is 0 Å². The van der Waals surface area contributed by atoms with Crippen LogP contribution in [0.1, 0.15) is 46.7 Å². The van der Waals surface area contributed by atoms with Gasteiger partial charge in [0.05, 0.1) is 30.0 Å². The van der Waals surface area contributed by atoms with Crippen LogP contribution in [0.15, 0.2) is 10.7 Å². The van der Waals surface area contributed by atoms with E-state index >= 15 is 0 Å². The minimum atomic E-state index is -0.462. The molecule has 0 bridgehead atoms. The smallest absolute Gasteiger partial charge is 0.252 e. The molecule has 1 saturated heterocycles. The predicted octanol–water partition coefficient (Wildman–Crippen LogP) is 0.537. The van der Waals surface area contributed by atoms with Gasteiger partial charge < -0.3 is 10.3 Å². The molecule has 1 aliphatic rings. The highest BCUT2D eigenvalue weighted by Crippen LogP contribution is 2.33. The maximum atomic E-state index is 11.4. The van der Waals surface area contributed by atoms with Gasteiger partial charge >= 0.3 is 0 Å². The fourth-order valence-corrected chi connectivity index (χ4v) is 2.68. The normalized spacial score (nSPS) is 19.6. The molecular formula is C12H16N6O2. The molecule has 106 valence electrons. The molecule has 0 radical (unpaired) electrons. The Morgan fingerprint density at radius 2 is 2.50 bits per heavy atom. The average Bonchev–Trinajstić information content (AvgIpc) is 3.09. The lowest BCUT2D eigenvalue weighted by molar-refractivity contribution is 0.0997. The van der Waals surface area contributed by atoms with Gasteiger partial charge in [-0.1, -0.05) is 5.16 Å². The zero-order chi connectivity index (χ0) is 14.1. The molecule has 1 unspecified atom stereocenters. The molecule has 8 heteroatoms. The summed E-state index contributed by atoms with van der Waals surface area (Å²) in [6.45, 7) is 3.26. The van der Waals surface area contributed by atoms with Crippen molar-refractivity contribution in [2.75, 3.05) is 6.54 Å². The number of aromatic nitrogens is 4. The Bertz CT molecular complexity index is 619. The van der Waals surface area contributed by atoms with Crippen LogP contribution < -0.4 is 5.73 Å². The Kier molecular flexibility index (Phi) is 3.23. The second kappa shape index (κ2) is 5.04.